The highest BCUT2D eigenvalue weighted by atomic mass is 32.2. The molecular weight excluding hydrogens is 330 g/mol. The highest BCUT2D eigenvalue weighted by molar-refractivity contribution is 8.00. The molecule has 5 heteroatoms. The maximum absolute atomic E-state index is 12.0. The number of aryl methyl sites for hydroxylation is 1. The van der Waals surface area contributed by atoms with Crippen LogP contribution >= 0.6 is 11.8 Å². The molecule has 3 rings (SSSR count). The Kier molecular flexibility index (Phi) is 5.90. The van der Waals surface area contributed by atoms with Crippen LogP contribution in [0.15, 0.2) is 72.1 Å². The molecule has 0 fully saturated rings. The van der Waals surface area contributed by atoms with E-state index < -0.39 is 0 Å². The minimum absolute atomic E-state index is 0.0516. The van der Waals surface area contributed by atoms with Crippen LogP contribution in [0.1, 0.15) is 16.7 Å². The molecule has 0 atom stereocenters. The van der Waals surface area contributed by atoms with Crippen LogP contribution in [0.5, 0.6) is 0 Å². The van der Waals surface area contributed by atoms with Gasteiger partial charge < -0.3 is 9.88 Å². The Labute approximate surface area is 152 Å². The number of benzene rings is 2. The van der Waals surface area contributed by atoms with E-state index in [1.165, 1.54) is 11.1 Å². The van der Waals surface area contributed by atoms with Gasteiger partial charge in [-0.1, -0.05) is 42.5 Å². The summed E-state index contributed by atoms with van der Waals surface area (Å²) in [6.45, 7) is 3.42. The molecule has 1 heterocycles. The summed E-state index contributed by atoms with van der Waals surface area (Å²) in [6.07, 6.45) is 5.53. The van der Waals surface area contributed by atoms with Gasteiger partial charge in [-0.3, -0.25) is 4.79 Å². The number of rotatable bonds is 7. The van der Waals surface area contributed by atoms with E-state index in [0.29, 0.717) is 12.3 Å². The zero-order valence-corrected chi connectivity index (χ0v) is 15.0. The minimum atomic E-state index is 0.0516. The molecule has 0 unspecified atom stereocenters. The van der Waals surface area contributed by atoms with Crippen LogP contribution in [0.4, 0.5) is 0 Å². The first-order valence-electron chi connectivity index (χ1n) is 8.19. The third-order valence-electron chi connectivity index (χ3n) is 3.89. The number of carbonyl (C=O) groups is 1. The van der Waals surface area contributed by atoms with E-state index in [0.717, 1.165) is 17.0 Å². The van der Waals surface area contributed by atoms with Crippen molar-refractivity contribution in [3.05, 3.63) is 83.9 Å². The second-order valence-corrected chi connectivity index (χ2v) is 6.90. The van der Waals surface area contributed by atoms with Crippen LogP contribution in [0.2, 0.25) is 0 Å². The van der Waals surface area contributed by atoms with Gasteiger partial charge in [-0.25, -0.2) is 4.98 Å². The molecule has 25 heavy (non-hydrogen) atoms. The molecule has 0 bridgehead atoms. The third-order valence-corrected chi connectivity index (χ3v) is 5.06. The van der Waals surface area contributed by atoms with Crippen molar-refractivity contribution in [2.75, 3.05) is 5.75 Å². The normalized spacial score (nSPS) is 10.6. The molecule has 0 aliphatic heterocycles. The van der Waals surface area contributed by atoms with Gasteiger partial charge in [0.15, 0.2) is 0 Å². The molecule has 0 spiro atoms. The number of imidazole rings is 1. The first-order valence-corrected chi connectivity index (χ1v) is 9.18. The lowest BCUT2D eigenvalue weighted by molar-refractivity contribution is -0.118. The first-order chi connectivity index (χ1) is 12.2. The molecule has 1 N–H and O–H groups in total. The molecule has 0 aliphatic rings. The van der Waals surface area contributed by atoms with Gasteiger partial charge in [0.05, 0.1) is 12.1 Å². The highest BCUT2D eigenvalue weighted by Gasteiger charge is 2.05. The predicted octanol–water partition coefficient (Wildman–Crippen LogP) is 3.65. The van der Waals surface area contributed by atoms with Crippen LogP contribution in [-0.4, -0.2) is 21.2 Å². The first kappa shape index (κ1) is 17.3. The monoisotopic (exact) mass is 351 g/mol. The molecular formula is C20H21N3OS. The molecule has 0 saturated heterocycles. The average Bonchev–Trinajstić information content (AvgIpc) is 3.13. The standard InChI is InChI=1S/C20H21N3OS/c1-16-4-2-3-5-19(16)25-14-20(24)22-12-17-6-8-18(9-7-17)13-23-11-10-21-15-23/h2-11,15H,12-14H2,1H3,(H,22,24). The topological polar surface area (TPSA) is 46.9 Å². The van der Waals surface area contributed by atoms with E-state index in [2.05, 4.69) is 47.6 Å². The number of nitrogens with one attached hydrogen (secondary N) is 1. The summed E-state index contributed by atoms with van der Waals surface area (Å²) in [5.41, 5.74) is 3.51. The molecule has 0 saturated carbocycles. The smallest absolute Gasteiger partial charge is 0.230 e. The maximum atomic E-state index is 12.0. The van der Waals surface area contributed by atoms with Crippen LogP contribution in [0, 0.1) is 6.92 Å². The Bertz CT molecular complexity index is 813. The van der Waals surface area contributed by atoms with Crippen LogP contribution in [0.25, 0.3) is 0 Å². The SMILES string of the molecule is Cc1ccccc1SCC(=O)NCc1ccc(Cn2ccnc2)cc1. The number of amides is 1. The fraction of sp³-hybridized carbons (Fsp3) is 0.200. The Balaban J connectivity index is 1.45. The quantitative estimate of drug-likeness (QED) is 0.661. The molecule has 128 valence electrons. The van der Waals surface area contributed by atoms with Gasteiger partial charge in [-0.15, -0.1) is 11.8 Å². The van der Waals surface area contributed by atoms with E-state index in [-0.39, 0.29) is 5.91 Å². The third kappa shape index (κ3) is 5.22. The lowest BCUT2D eigenvalue weighted by Crippen LogP contribution is -2.24. The summed E-state index contributed by atoms with van der Waals surface area (Å²) >= 11 is 1.57. The van der Waals surface area contributed by atoms with Crippen LogP contribution < -0.4 is 5.32 Å². The zero-order chi connectivity index (χ0) is 17.5. The fourth-order valence-electron chi connectivity index (χ4n) is 2.47. The minimum Gasteiger partial charge on any atom is -0.351 e. The van der Waals surface area contributed by atoms with Gasteiger partial charge in [0.25, 0.3) is 0 Å². The molecule has 1 amide bonds. The fourth-order valence-corrected chi connectivity index (χ4v) is 3.33. The van der Waals surface area contributed by atoms with E-state index >= 15 is 0 Å². The summed E-state index contributed by atoms with van der Waals surface area (Å²) in [7, 11) is 0. The van der Waals surface area contributed by atoms with E-state index in [9.17, 15) is 4.79 Å². The van der Waals surface area contributed by atoms with Gasteiger partial charge in [0.1, 0.15) is 0 Å². The molecule has 3 aromatic rings. The summed E-state index contributed by atoms with van der Waals surface area (Å²) < 4.78 is 2.03. The number of hydrogen-bond acceptors (Lipinski definition) is 3. The Morgan fingerprint density at radius 3 is 2.60 bits per heavy atom. The summed E-state index contributed by atoms with van der Waals surface area (Å²) in [4.78, 5) is 17.2. The van der Waals surface area contributed by atoms with Crippen molar-refractivity contribution in [3.8, 4) is 0 Å². The second-order valence-electron chi connectivity index (χ2n) is 5.88. The summed E-state index contributed by atoms with van der Waals surface area (Å²) in [6, 6.07) is 16.4. The van der Waals surface area contributed by atoms with Gasteiger partial charge >= 0.3 is 0 Å². The van der Waals surface area contributed by atoms with Crippen molar-refractivity contribution in [3.63, 3.8) is 0 Å². The van der Waals surface area contributed by atoms with Gasteiger partial charge in [-0.05, 0) is 29.7 Å². The van der Waals surface area contributed by atoms with Crippen molar-refractivity contribution < 1.29 is 4.79 Å². The molecule has 0 aliphatic carbocycles. The van der Waals surface area contributed by atoms with Crippen LogP contribution in [0.3, 0.4) is 0 Å². The highest BCUT2D eigenvalue weighted by Crippen LogP contribution is 2.21. The molecule has 1 aromatic heterocycles. The lowest BCUT2D eigenvalue weighted by atomic mass is 10.1. The van der Waals surface area contributed by atoms with Crippen molar-refractivity contribution in [1.82, 2.24) is 14.9 Å². The maximum Gasteiger partial charge on any atom is 0.230 e. The second kappa shape index (κ2) is 8.53. The number of hydrogen-bond donors (Lipinski definition) is 1. The van der Waals surface area contributed by atoms with Gasteiger partial charge in [0.2, 0.25) is 5.91 Å². The molecule has 2 aromatic carbocycles. The largest absolute Gasteiger partial charge is 0.351 e. The number of thioether (sulfide) groups is 1. The number of nitrogens with zero attached hydrogens (tertiary/aromatic N) is 2. The molecule has 4 nitrogen and oxygen atoms in total. The summed E-state index contributed by atoms with van der Waals surface area (Å²) in [5.74, 6) is 0.486. The molecule has 0 radical (unpaired) electrons. The zero-order valence-electron chi connectivity index (χ0n) is 14.2. The lowest BCUT2D eigenvalue weighted by Gasteiger charge is -2.08. The summed E-state index contributed by atoms with van der Waals surface area (Å²) in [5, 5.41) is 2.98. The Morgan fingerprint density at radius 1 is 1.12 bits per heavy atom. The Morgan fingerprint density at radius 2 is 1.88 bits per heavy atom. The predicted molar refractivity (Wildman–Crippen MR) is 102 cm³/mol. The number of carbonyl (C=O) groups excluding carboxylic acids is 1. The average molecular weight is 351 g/mol. The van der Waals surface area contributed by atoms with Crippen LogP contribution in [-0.2, 0) is 17.9 Å². The van der Waals surface area contributed by atoms with Crippen molar-refractivity contribution in [2.45, 2.75) is 24.9 Å². The van der Waals surface area contributed by atoms with Crippen molar-refractivity contribution >= 4 is 17.7 Å². The van der Waals surface area contributed by atoms with Crippen molar-refractivity contribution in [2.24, 2.45) is 0 Å². The van der Waals surface area contributed by atoms with Crippen molar-refractivity contribution in [1.29, 1.82) is 0 Å². The Hall–Kier alpha value is -2.53. The number of aromatic nitrogens is 2. The van der Waals surface area contributed by atoms with E-state index in [1.807, 2.05) is 29.0 Å². The van der Waals surface area contributed by atoms with E-state index in [4.69, 9.17) is 0 Å². The van der Waals surface area contributed by atoms with Gasteiger partial charge in [0, 0.05) is 30.4 Å². The van der Waals surface area contributed by atoms with E-state index in [1.54, 1.807) is 24.3 Å². The van der Waals surface area contributed by atoms with Gasteiger partial charge in [-0.2, -0.15) is 0 Å².